The van der Waals surface area contributed by atoms with Crippen LogP contribution >= 0.6 is 11.8 Å². The number of rotatable bonds is 4. The molecule has 1 atom stereocenters. The second kappa shape index (κ2) is 5.14. The Morgan fingerprint density at radius 1 is 1.38 bits per heavy atom. The molecule has 0 aliphatic heterocycles. The van der Waals surface area contributed by atoms with E-state index in [9.17, 15) is 4.39 Å². The highest BCUT2D eigenvalue weighted by molar-refractivity contribution is 7.99. The van der Waals surface area contributed by atoms with Gasteiger partial charge in [0, 0.05) is 6.54 Å². The lowest BCUT2D eigenvalue weighted by atomic mass is 10.1. The molecular formula is C11H11FN2OS. The average molecular weight is 238 g/mol. The van der Waals surface area contributed by atoms with Crippen LogP contribution in [0.15, 0.2) is 46.4 Å². The number of aromatic nitrogens is 1. The third-order valence-corrected chi connectivity index (χ3v) is 3.26. The molecular weight excluding hydrogens is 227 g/mol. The van der Waals surface area contributed by atoms with E-state index in [0.717, 1.165) is 5.56 Å². The number of oxazole rings is 1. The number of hydrogen-bond acceptors (Lipinski definition) is 4. The molecule has 1 unspecified atom stereocenters. The van der Waals surface area contributed by atoms with Gasteiger partial charge < -0.3 is 10.2 Å². The van der Waals surface area contributed by atoms with Crippen LogP contribution in [0.25, 0.3) is 0 Å². The van der Waals surface area contributed by atoms with Crippen LogP contribution in [0.2, 0.25) is 0 Å². The lowest BCUT2D eigenvalue weighted by Gasteiger charge is -2.12. The maximum absolute atomic E-state index is 12.8. The Bertz CT molecular complexity index is 430. The van der Waals surface area contributed by atoms with Crippen molar-refractivity contribution in [2.45, 2.75) is 10.5 Å². The van der Waals surface area contributed by atoms with Crippen LogP contribution in [0.1, 0.15) is 10.8 Å². The second-order valence-corrected chi connectivity index (χ2v) is 4.35. The molecule has 0 fully saturated rings. The summed E-state index contributed by atoms with van der Waals surface area (Å²) in [5.41, 5.74) is 6.64. The predicted octanol–water partition coefficient (Wildman–Crippen LogP) is 2.61. The van der Waals surface area contributed by atoms with Gasteiger partial charge in [-0.3, -0.25) is 0 Å². The Morgan fingerprint density at radius 2 is 2.12 bits per heavy atom. The van der Waals surface area contributed by atoms with E-state index in [2.05, 4.69) is 4.98 Å². The maximum atomic E-state index is 12.8. The second-order valence-electron chi connectivity index (χ2n) is 3.19. The lowest BCUT2D eigenvalue weighted by molar-refractivity contribution is 0.453. The number of nitrogens with zero attached hydrogens (tertiary/aromatic N) is 1. The summed E-state index contributed by atoms with van der Waals surface area (Å²) >= 11 is 1.43. The normalized spacial score (nSPS) is 12.6. The van der Waals surface area contributed by atoms with Crippen molar-refractivity contribution in [2.75, 3.05) is 6.54 Å². The molecule has 3 nitrogen and oxygen atoms in total. The molecule has 0 saturated carbocycles. The summed E-state index contributed by atoms with van der Waals surface area (Å²) in [5.74, 6) is -0.249. The van der Waals surface area contributed by atoms with Crippen molar-refractivity contribution in [2.24, 2.45) is 5.73 Å². The van der Waals surface area contributed by atoms with Crippen molar-refractivity contribution in [3.05, 3.63) is 48.1 Å². The van der Waals surface area contributed by atoms with E-state index in [1.165, 1.54) is 30.2 Å². The van der Waals surface area contributed by atoms with Gasteiger partial charge in [-0.2, -0.15) is 0 Å². The maximum Gasteiger partial charge on any atom is 0.256 e. The number of nitrogens with two attached hydrogens (primary N) is 1. The lowest BCUT2D eigenvalue weighted by Crippen LogP contribution is -2.09. The first-order valence-electron chi connectivity index (χ1n) is 4.81. The summed E-state index contributed by atoms with van der Waals surface area (Å²) in [5, 5.41) is 0.596. The molecule has 16 heavy (non-hydrogen) atoms. The van der Waals surface area contributed by atoms with Crippen LogP contribution in [0, 0.1) is 5.82 Å². The molecule has 0 amide bonds. The average Bonchev–Trinajstić information content (AvgIpc) is 2.80. The summed E-state index contributed by atoms with van der Waals surface area (Å²) in [4.78, 5) is 4.01. The Hall–Kier alpha value is -1.33. The summed E-state index contributed by atoms with van der Waals surface area (Å²) in [6.45, 7) is 0.443. The van der Waals surface area contributed by atoms with E-state index in [4.69, 9.17) is 10.2 Å². The number of benzene rings is 1. The molecule has 1 aromatic heterocycles. The molecule has 0 saturated heterocycles. The third-order valence-electron chi connectivity index (χ3n) is 2.11. The van der Waals surface area contributed by atoms with Crippen molar-refractivity contribution >= 4 is 11.8 Å². The van der Waals surface area contributed by atoms with Gasteiger partial charge in [-0.25, -0.2) is 9.37 Å². The molecule has 0 bridgehead atoms. The van der Waals surface area contributed by atoms with Gasteiger partial charge in [0.05, 0.1) is 11.4 Å². The van der Waals surface area contributed by atoms with Crippen molar-refractivity contribution < 1.29 is 8.81 Å². The van der Waals surface area contributed by atoms with Crippen LogP contribution < -0.4 is 5.73 Å². The zero-order chi connectivity index (χ0) is 11.4. The third kappa shape index (κ3) is 2.62. The smallest absolute Gasteiger partial charge is 0.256 e. The van der Waals surface area contributed by atoms with Gasteiger partial charge in [-0.15, -0.1) is 0 Å². The molecule has 2 N–H and O–H groups in total. The Morgan fingerprint density at radius 3 is 2.69 bits per heavy atom. The van der Waals surface area contributed by atoms with Crippen molar-refractivity contribution in [3.63, 3.8) is 0 Å². The van der Waals surface area contributed by atoms with Crippen LogP contribution in [-0.2, 0) is 0 Å². The highest BCUT2D eigenvalue weighted by atomic mass is 32.2. The Kier molecular flexibility index (Phi) is 3.58. The first-order chi connectivity index (χ1) is 7.79. The summed E-state index contributed by atoms with van der Waals surface area (Å²) in [6, 6.07) is 6.30. The van der Waals surface area contributed by atoms with Gasteiger partial charge in [0.1, 0.15) is 12.1 Å². The monoisotopic (exact) mass is 238 g/mol. The van der Waals surface area contributed by atoms with Crippen LogP contribution in [0.5, 0.6) is 0 Å². The van der Waals surface area contributed by atoms with Crippen LogP contribution in [-0.4, -0.2) is 11.5 Å². The van der Waals surface area contributed by atoms with E-state index in [-0.39, 0.29) is 11.1 Å². The molecule has 2 rings (SSSR count). The first-order valence-corrected chi connectivity index (χ1v) is 5.69. The van der Waals surface area contributed by atoms with E-state index < -0.39 is 0 Å². The van der Waals surface area contributed by atoms with Gasteiger partial charge in [-0.1, -0.05) is 23.9 Å². The number of halogens is 1. The Labute approximate surface area is 96.9 Å². The fraction of sp³-hybridized carbons (Fsp3) is 0.182. The van der Waals surface area contributed by atoms with Gasteiger partial charge in [0.25, 0.3) is 5.22 Å². The summed E-state index contributed by atoms with van der Waals surface area (Å²) in [7, 11) is 0. The quantitative estimate of drug-likeness (QED) is 0.832. The SMILES string of the molecule is NCC(Sc1ncco1)c1ccc(F)cc1. The summed E-state index contributed by atoms with van der Waals surface area (Å²) in [6.07, 6.45) is 3.10. The standard InChI is InChI=1S/C11H11FN2OS/c12-9-3-1-8(2-4-9)10(7-13)16-11-14-5-6-15-11/h1-6,10H,7,13H2. The van der Waals surface area contributed by atoms with E-state index >= 15 is 0 Å². The van der Waals surface area contributed by atoms with Crippen LogP contribution in [0.3, 0.4) is 0 Å². The molecule has 2 aromatic rings. The first kappa shape index (κ1) is 11.2. The molecule has 0 aliphatic carbocycles. The van der Waals surface area contributed by atoms with Crippen molar-refractivity contribution in [1.82, 2.24) is 4.98 Å². The minimum atomic E-state index is -0.249. The number of hydrogen-bond donors (Lipinski definition) is 1. The molecule has 1 aromatic carbocycles. The predicted molar refractivity (Wildman–Crippen MR) is 60.6 cm³/mol. The van der Waals surface area contributed by atoms with Gasteiger partial charge >= 0.3 is 0 Å². The molecule has 1 heterocycles. The largest absolute Gasteiger partial charge is 0.440 e. The van der Waals surface area contributed by atoms with Crippen LogP contribution in [0.4, 0.5) is 4.39 Å². The van der Waals surface area contributed by atoms with E-state index in [0.29, 0.717) is 11.8 Å². The van der Waals surface area contributed by atoms with Gasteiger partial charge in [0.15, 0.2) is 0 Å². The van der Waals surface area contributed by atoms with Gasteiger partial charge in [-0.05, 0) is 17.7 Å². The minimum Gasteiger partial charge on any atom is -0.440 e. The topological polar surface area (TPSA) is 52.0 Å². The fourth-order valence-corrected chi connectivity index (χ4v) is 2.19. The van der Waals surface area contributed by atoms with E-state index in [1.54, 1.807) is 18.3 Å². The zero-order valence-corrected chi connectivity index (χ0v) is 9.28. The van der Waals surface area contributed by atoms with Gasteiger partial charge in [0.2, 0.25) is 0 Å². The molecule has 0 radical (unpaired) electrons. The van der Waals surface area contributed by atoms with E-state index in [1.807, 2.05) is 0 Å². The van der Waals surface area contributed by atoms with Crippen molar-refractivity contribution in [1.29, 1.82) is 0 Å². The minimum absolute atomic E-state index is 0.0271. The fourth-order valence-electron chi connectivity index (χ4n) is 1.32. The number of thioether (sulfide) groups is 1. The molecule has 0 aliphatic rings. The Balaban J connectivity index is 2.13. The van der Waals surface area contributed by atoms with Crippen molar-refractivity contribution in [3.8, 4) is 0 Å². The summed E-state index contributed by atoms with van der Waals surface area (Å²) < 4.78 is 17.9. The molecule has 5 heteroatoms. The zero-order valence-electron chi connectivity index (χ0n) is 8.47. The molecule has 0 spiro atoms. The highest BCUT2D eigenvalue weighted by Gasteiger charge is 2.13. The highest BCUT2D eigenvalue weighted by Crippen LogP contribution is 2.33. The molecule has 84 valence electrons.